The van der Waals surface area contributed by atoms with Gasteiger partial charge in [-0.25, -0.2) is 4.79 Å². The van der Waals surface area contributed by atoms with Crippen LogP contribution in [0.4, 0.5) is 23.7 Å². The predicted molar refractivity (Wildman–Crippen MR) is 56.7 cm³/mol. The maximum absolute atomic E-state index is 11.9. The van der Waals surface area contributed by atoms with Crippen molar-refractivity contribution in [2.45, 2.75) is 13.1 Å². The number of alkyl halides is 3. The molecule has 0 saturated carbocycles. The summed E-state index contributed by atoms with van der Waals surface area (Å²) in [5.74, 6) is 0. The molecule has 4 nitrogen and oxygen atoms in total. The van der Waals surface area contributed by atoms with Gasteiger partial charge in [0.2, 0.25) is 0 Å². The quantitative estimate of drug-likeness (QED) is 0.889. The summed E-state index contributed by atoms with van der Waals surface area (Å²) in [4.78, 5) is 16.5. The highest BCUT2D eigenvalue weighted by atomic mass is 19.4. The zero-order chi connectivity index (χ0) is 12.9. The zero-order valence-electron chi connectivity index (χ0n) is 9.16. The number of anilines is 1. The first-order chi connectivity index (χ1) is 7.94. The molecule has 0 aliphatic rings. The summed E-state index contributed by atoms with van der Waals surface area (Å²) in [5.41, 5.74) is 0.502. The van der Waals surface area contributed by atoms with Crippen molar-refractivity contribution in [2.75, 3.05) is 18.0 Å². The summed E-state index contributed by atoms with van der Waals surface area (Å²) < 4.78 is 35.8. The molecule has 1 rings (SSSR count). The van der Waals surface area contributed by atoms with Crippen molar-refractivity contribution in [3.8, 4) is 0 Å². The molecule has 7 heteroatoms. The number of carbonyl (C=O) groups excluding carboxylic acids is 1. The number of carbonyl (C=O) groups is 1. The molecule has 0 bridgehead atoms. The molecule has 1 aromatic rings. The van der Waals surface area contributed by atoms with Crippen LogP contribution >= 0.6 is 0 Å². The summed E-state index contributed by atoms with van der Waals surface area (Å²) >= 11 is 0. The fraction of sp³-hybridized carbons (Fsp3) is 0.400. The average Bonchev–Trinajstić information content (AvgIpc) is 2.28. The van der Waals surface area contributed by atoms with E-state index >= 15 is 0 Å². The van der Waals surface area contributed by atoms with Crippen molar-refractivity contribution in [3.05, 3.63) is 24.5 Å². The normalized spacial score (nSPS) is 11.1. The van der Waals surface area contributed by atoms with Gasteiger partial charge in [0.25, 0.3) is 0 Å². The minimum atomic E-state index is -4.41. The maximum atomic E-state index is 11.9. The van der Waals surface area contributed by atoms with Gasteiger partial charge in [0.05, 0.1) is 0 Å². The number of hydrogen-bond donors (Lipinski definition) is 1. The van der Waals surface area contributed by atoms with Gasteiger partial charge in [-0.05, 0) is 19.1 Å². The molecule has 1 N–H and O–H groups in total. The van der Waals surface area contributed by atoms with E-state index in [1.54, 1.807) is 19.1 Å². The Morgan fingerprint density at radius 2 is 2.00 bits per heavy atom. The third-order valence-electron chi connectivity index (χ3n) is 1.98. The molecule has 0 atom stereocenters. The first-order valence-corrected chi connectivity index (χ1v) is 4.96. The first-order valence-electron chi connectivity index (χ1n) is 4.96. The van der Waals surface area contributed by atoms with Gasteiger partial charge in [0.1, 0.15) is 6.54 Å². The van der Waals surface area contributed by atoms with Crippen LogP contribution in [0.5, 0.6) is 0 Å². The molecular weight excluding hydrogens is 235 g/mol. The Balaban J connectivity index is 2.66. The Bertz CT molecular complexity index is 367. The lowest BCUT2D eigenvalue weighted by Gasteiger charge is -2.21. The summed E-state index contributed by atoms with van der Waals surface area (Å²) in [6, 6.07) is 2.32. The molecule has 0 unspecified atom stereocenters. The van der Waals surface area contributed by atoms with Crippen molar-refractivity contribution >= 4 is 11.7 Å². The molecule has 0 fully saturated rings. The molecular formula is C10H12F3N3O. The van der Waals surface area contributed by atoms with E-state index in [0.29, 0.717) is 5.69 Å². The molecule has 0 aromatic carbocycles. The molecule has 0 radical (unpaired) electrons. The molecule has 0 saturated heterocycles. The van der Waals surface area contributed by atoms with Gasteiger partial charge in [-0.2, -0.15) is 13.2 Å². The number of nitrogens with one attached hydrogen (secondary N) is 1. The molecule has 2 amide bonds. The maximum Gasteiger partial charge on any atom is 0.405 e. The van der Waals surface area contributed by atoms with E-state index in [1.807, 2.05) is 5.32 Å². The van der Waals surface area contributed by atoms with Gasteiger partial charge in [-0.1, -0.05) is 0 Å². The Morgan fingerprint density at radius 3 is 2.47 bits per heavy atom. The fourth-order valence-corrected chi connectivity index (χ4v) is 1.24. The number of urea groups is 1. The molecule has 1 aromatic heterocycles. The van der Waals surface area contributed by atoms with E-state index in [4.69, 9.17) is 0 Å². The van der Waals surface area contributed by atoms with E-state index < -0.39 is 18.8 Å². The van der Waals surface area contributed by atoms with Crippen LogP contribution in [0.1, 0.15) is 6.92 Å². The number of pyridine rings is 1. The molecule has 0 aliphatic heterocycles. The van der Waals surface area contributed by atoms with Crippen LogP contribution in [0.15, 0.2) is 24.5 Å². The fourth-order valence-electron chi connectivity index (χ4n) is 1.24. The number of nitrogens with zero attached hydrogens (tertiary/aromatic N) is 2. The smallest absolute Gasteiger partial charge is 0.329 e. The lowest BCUT2D eigenvalue weighted by molar-refractivity contribution is -0.122. The van der Waals surface area contributed by atoms with Gasteiger partial charge >= 0.3 is 12.2 Å². The third kappa shape index (κ3) is 4.29. The van der Waals surface area contributed by atoms with Crippen molar-refractivity contribution in [3.63, 3.8) is 0 Å². The standard InChI is InChI=1S/C10H12F3N3O/c1-2-16(8-3-5-14-6-4-8)9(17)15-7-10(11,12)13/h3-6H,2,7H2,1H3,(H,15,17). The lowest BCUT2D eigenvalue weighted by atomic mass is 10.3. The third-order valence-corrected chi connectivity index (χ3v) is 1.98. The minimum absolute atomic E-state index is 0.272. The monoisotopic (exact) mass is 247 g/mol. The summed E-state index contributed by atoms with van der Waals surface area (Å²) in [5, 5.41) is 1.81. The van der Waals surface area contributed by atoms with Crippen LogP contribution < -0.4 is 10.2 Å². The Labute approximate surface area is 96.4 Å². The minimum Gasteiger partial charge on any atom is -0.329 e. The molecule has 17 heavy (non-hydrogen) atoms. The van der Waals surface area contributed by atoms with Crippen molar-refractivity contribution in [2.24, 2.45) is 0 Å². The van der Waals surface area contributed by atoms with Crippen LogP contribution in [0.3, 0.4) is 0 Å². The zero-order valence-corrected chi connectivity index (χ0v) is 9.16. The Morgan fingerprint density at radius 1 is 1.41 bits per heavy atom. The molecule has 94 valence electrons. The van der Waals surface area contributed by atoms with E-state index in [9.17, 15) is 18.0 Å². The van der Waals surface area contributed by atoms with Gasteiger partial charge in [-0.3, -0.25) is 9.88 Å². The summed E-state index contributed by atoms with van der Waals surface area (Å²) in [6.45, 7) is 0.606. The highest BCUT2D eigenvalue weighted by Gasteiger charge is 2.28. The SMILES string of the molecule is CCN(C(=O)NCC(F)(F)F)c1ccncc1. The number of hydrogen-bond acceptors (Lipinski definition) is 2. The molecule has 0 spiro atoms. The van der Waals surface area contributed by atoms with Gasteiger partial charge in [0, 0.05) is 24.6 Å². The van der Waals surface area contributed by atoms with Crippen LogP contribution in [-0.2, 0) is 0 Å². The van der Waals surface area contributed by atoms with Crippen LogP contribution in [0, 0.1) is 0 Å². The van der Waals surface area contributed by atoms with E-state index in [1.165, 1.54) is 17.3 Å². The second kappa shape index (κ2) is 5.51. The number of halogens is 3. The molecule has 1 heterocycles. The second-order valence-corrected chi connectivity index (χ2v) is 3.22. The molecule has 0 aliphatic carbocycles. The van der Waals surface area contributed by atoms with E-state index in [-0.39, 0.29) is 6.54 Å². The van der Waals surface area contributed by atoms with Gasteiger partial charge in [-0.15, -0.1) is 0 Å². The van der Waals surface area contributed by atoms with E-state index in [0.717, 1.165) is 0 Å². The highest BCUT2D eigenvalue weighted by molar-refractivity contribution is 5.91. The van der Waals surface area contributed by atoms with Crippen molar-refractivity contribution in [1.29, 1.82) is 0 Å². The predicted octanol–water partition coefficient (Wildman–Crippen LogP) is 2.18. The average molecular weight is 247 g/mol. The largest absolute Gasteiger partial charge is 0.405 e. The second-order valence-electron chi connectivity index (χ2n) is 3.22. The topological polar surface area (TPSA) is 45.2 Å². The Kier molecular flexibility index (Phi) is 4.30. The lowest BCUT2D eigenvalue weighted by Crippen LogP contribution is -2.43. The first kappa shape index (κ1) is 13.3. The van der Waals surface area contributed by atoms with Crippen LogP contribution in [0.2, 0.25) is 0 Å². The number of rotatable bonds is 3. The highest BCUT2D eigenvalue weighted by Crippen LogP contribution is 2.14. The van der Waals surface area contributed by atoms with Gasteiger partial charge < -0.3 is 5.32 Å². The van der Waals surface area contributed by atoms with Crippen molar-refractivity contribution in [1.82, 2.24) is 10.3 Å². The summed E-state index contributed by atoms with van der Waals surface area (Å²) in [7, 11) is 0. The van der Waals surface area contributed by atoms with Crippen LogP contribution in [0.25, 0.3) is 0 Å². The van der Waals surface area contributed by atoms with Crippen molar-refractivity contribution < 1.29 is 18.0 Å². The number of aromatic nitrogens is 1. The van der Waals surface area contributed by atoms with E-state index in [2.05, 4.69) is 4.98 Å². The number of amides is 2. The summed E-state index contributed by atoms with van der Waals surface area (Å²) in [6.07, 6.45) is -1.47. The van der Waals surface area contributed by atoms with Crippen LogP contribution in [-0.4, -0.2) is 30.3 Å². The van der Waals surface area contributed by atoms with Gasteiger partial charge in [0.15, 0.2) is 0 Å². The Hall–Kier alpha value is -1.79.